The molecule has 1 N–H and O–H groups in total. The number of amides is 2. The normalized spacial score (nSPS) is 21.1. The van der Waals surface area contributed by atoms with Gasteiger partial charge >= 0.3 is 6.03 Å². The van der Waals surface area contributed by atoms with Crippen LogP contribution in [0.4, 0.5) is 4.79 Å². The quantitative estimate of drug-likeness (QED) is 0.688. The molecule has 0 radical (unpaired) electrons. The average Bonchev–Trinajstić information content (AvgIpc) is 2.01. The predicted octanol–water partition coefficient (Wildman–Crippen LogP) is 2.23. The summed E-state index contributed by atoms with van der Waals surface area (Å²) in [5, 5.41) is 2.94. The van der Waals surface area contributed by atoms with E-state index in [-0.39, 0.29) is 17.5 Å². The van der Waals surface area contributed by atoms with Crippen LogP contribution in [-0.2, 0) is 0 Å². The number of nitrogens with zero attached hydrogens (tertiary/aromatic N) is 1. The van der Waals surface area contributed by atoms with Crippen molar-refractivity contribution in [3.63, 3.8) is 0 Å². The van der Waals surface area contributed by atoms with E-state index in [0.717, 1.165) is 19.5 Å². The maximum absolute atomic E-state index is 11.7. The van der Waals surface area contributed by atoms with Crippen LogP contribution in [0.2, 0.25) is 0 Å². The first kappa shape index (κ1) is 11.3. The Balaban J connectivity index is 2.48. The first-order valence-corrected chi connectivity index (χ1v) is 5.46. The second-order valence-corrected chi connectivity index (χ2v) is 5.29. The summed E-state index contributed by atoms with van der Waals surface area (Å²) in [6.45, 7) is 10.2. The van der Waals surface area contributed by atoms with Crippen molar-refractivity contribution in [2.45, 2.75) is 46.6 Å². The first-order chi connectivity index (χ1) is 6.41. The fraction of sp³-hybridized carbons (Fsp3) is 0.909. The number of urea groups is 1. The highest BCUT2D eigenvalue weighted by atomic mass is 16.2. The maximum Gasteiger partial charge on any atom is 0.317 e. The summed E-state index contributed by atoms with van der Waals surface area (Å²) < 4.78 is 0. The van der Waals surface area contributed by atoms with Gasteiger partial charge in [-0.3, -0.25) is 0 Å². The Labute approximate surface area is 86.9 Å². The monoisotopic (exact) mass is 198 g/mol. The van der Waals surface area contributed by atoms with Gasteiger partial charge in [-0.05, 0) is 32.1 Å². The summed E-state index contributed by atoms with van der Waals surface area (Å²) in [6.07, 6.45) is 2.34. The molecule has 2 amide bonds. The molecule has 14 heavy (non-hydrogen) atoms. The SMILES string of the molecule is CC(C)NC(=O)N1CCCC(C)(C)C1. The molecule has 0 unspecified atom stereocenters. The van der Waals surface area contributed by atoms with Crippen molar-refractivity contribution in [3.05, 3.63) is 0 Å². The summed E-state index contributed by atoms with van der Waals surface area (Å²) in [5.74, 6) is 0. The number of carbonyl (C=O) groups excluding carboxylic acids is 1. The van der Waals surface area contributed by atoms with Crippen LogP contribution in [0.15, 0.2) is 0 Å². The van der Waals surface area contributed by atoms with Gasteiger partial charge in [0.1, 0.15) is 0 Å². The standard InChI is InChI=1S/C11H22N2O/c1-9(2)12-10(14)13-7-5-6-11(3,4)8-13/h9H,5-8H2,1-4H3,(H,12,14). The number of rotatable bonds is 1. The van der Waals surface area contributed by atoms with Crippen LogP contribution < -0.4 is 5.32 Å². The Morgan fingerprint density at radius 3 is 2.57 bits per heavy atom. The Morgan fingerprint density at radius 1 is 1.43 bits per heavy atom. The minimum atomic E-state index is 0.0905. The number of hydrogen-bond acceptors (Lipinski definition) is 1. The Morgan fingerprint density at radius 2 is 2.07 bits per heavy atom. The molecule has 1 heterocycles. The van der Waals surface area contributed by atoms with Crippen molar-refractivity contribution in [2.75, 3.05) is 13.1 Å². The van der Waals surface area contributed by atoms with Crippen LogP contribution in [0, 0.1) is 5.41 Å². The van der Waals surface area contributed by atoms with E-state index in [1.54, 1.807) is 0 Å². The number of nitrogens with one attached hydrogen (secondary N) is 1. The van der Waals surface area contributed by atoms with E-state index in [1.807, 2.05) is 18.7 Å². The molecule has 1 aliphatic heterocycles. The summed E-state index contributed by atoms with van der Waals surface area (Å²) >= 11 is 0. The molecular weight excluding hydrogens is 176 g/mol. The third-order valence-corrected chi connectivity index (χ3v) is 2.60. The number of carbonyl (C=O) groups is 1. The van der Waals surface area contributed by atoms with Gasteiger partial charge in [-0.1, -0.05) is 13.8 Å². The van der Waals surface area contributed by atoms with Gasteiger partial charge < -0.3 is 10.2 Å². The number of hydrogen-bond donors (Lipinski definition) is 1. The molecule has 0 bridgehead atoms. The molecule has 3 nitrogen and oxygen atoms in total. The van der Waals surface area contributed by atoms with E-state index in [9.17, 15) is 4.79 Å². The van der Waals surface area contributed by atoms with Crippen molar-refractivity contribution in [1.82, 2.24) is 10.2 Å². The minimum absolute atomic E-state index is 0.0905. The van der Waals surface area contributed by atoms with Gasteiger partial charge in [0.15, 0.2) is 0 Å². The number of piperidine rings is 1. The largest absolute Gasteiger partial charge is 0.336 e. The first-order valence-electron chi connectivity index (χ1n) is 5.46. The van der Waals surface area contributed by atoms with E-state index < -0.39 is 0 Å². The van der Waals surface area contributed by atoms with E-state index in [2.05, 4.69) is 19.2 Å². The second-order valence-electron chi connectivity index (χ2n) is 5.29. The fourth-order valence-corrected chi connectivity index (χ4v) is 1.93. The molecular formula is C11H22N2O. The summed E-state index contributed by atoms with van der Waals surface area (Å²) in [4.78, 5) is 13.6. The van der Waals surface area contributed by atoms with E-state index >= 15 is 0 Å². The minimum Gasteiger partial charge on any atom is -0.336 e. The second kappa shape index (κ2) is 4.20. The van der Waals surface area contributed by atoms with E-state index in [4.69, 9.17) is 0 Å². The molecule has 0 atom stereocenters. The number of likely N-dealkylation sites (tertiary alicyclic amines) is 1. The molecule has 0 aromatic carbocycles. The molecule has 0 spiro atoms. The lowest BCUT2D eigenvalue weighted by molar-refractivity contribution is 0.128. The van der Waals surface area contributed by atoms with Gasteiger partial charge in [-0.25, -0.2) is 4.79 Å². The van der Waals surface area contributed by atoms with Crippen LogP contribution in [0.5, 0.6) is 0 Å². The third kappa shape index (κ3) is 3.20. The molecule has 1 saturated heterocycles. The van der Waals surface area contributed by atoms with Crippen molar-refractivity contribution in [1.29, 1.82) is 0 Å². The van der Waals surface area contributed by atoms with E-state index in [1.165, 1.54) is 6.42 Å². The molecule has 1 fully saturated rings. The van der Waals surface area contributed by atoms with Crippen LogP contribution in [0.25, 0.3) is 0 Å². The van der Waals surface area contributed by atoms with Crippen LogP contribution in [-0.4, -0.2) is 30.1 Å². The average molecular weight is 198 g/mol. The summed E-state index contributed by atoms with van der Waals surface area (Å²) in [5.41, 5.74) is 0.284. The highest BCUT2D eigenvalue weighted by Crippen LogP contribution is 2.28. The Hall–Kier alpha value is -0.730. The molecule has 3 heteroatoms. The van der Waals surface area contributed by atoms with Gasteiger partial charge in [0.25, 0.3) is 0 Å². The van der Waals surface area contributed by atoms with Gasteiger partial charge in [-0.15, -0.1) is 0 Å². The molecule has 0 aromatic rings. The molecule has 1 aliphatic rings. The lowest BCUT2D eigenvalue weighted by Gasteiger charge is -2.38. The Bertz CT molecular complexity index is 211. The highest BCUT2D eigenvalue weighted by molar-refractivity contribution is 5.74. The zero-order valence-electron chi connectivity index (χ0n) is 9.76. The maximum atomic E-state index is 11.7. The molecule has 82 valence electrons. The third-order valence-electron chi connectivity index (χ3n) is 2.60. The predicted molar refractivity (Wildman–Crippen MR) is 58.3 cm³/mol. The molecule has 0 aromatic heterocycles. The lowest BCUT2D eigenvalue weighted by atomic mass is 9.84. The van der Waals surface area contributed by atoms with Crippen molar-refractivity contribution >= 4 is 6.03 Å². The lowest BCUT2D eigenvalue weighted by Crippen LogP contribution is -2.49. The molecule has 0 saturated carbocycles. The zero-order valence-corrected chi connectivity index (χ0v) is 9.76. The summed E-state index contributed by atoms with van der Waals surface area (Å²) in [7, 11) is 0. The zero-order chi connectivity index (χ0) is 10.8. The molecule has 0 aliphatic carbocycles. The van der Waals surface area contributed by atoms with Crippen molar-refractivity contribution in [2.24, 2.45) is 5.41 Å². The van der Waals surface area contributed by atoms with Crippen molar-refractivity contribution < 1.29 is 4.79 Å². The van der Waals surface area contributed by atoms with Crippen molar-refractivity contribution in [3.8, 4) is 0 Å². The van der Waals surface area contributed by atoms with E-state index in [0.29, 0.717) is 0 Å². The fourth-order valence-electron chi connectivity index (χ4n) is 1.93. The van der Waals surface area contributed by atoms with Crippen LogP contribution in [0.1, 0.15) is 40.5 Å². The summed E-state index contributed by atoms with van der Waals surface area (Å²) in [6, 6.07) is 0.320. The Kier molecular flexibility index (Phi) is 3.40. The van der Waals surface area contributed by atoms with Gasteiger partial charge in [0.05, 0.1) is 0 Å². The van der Waals surface area contributed by atoms with Crippen LogP contribution in [0.3, 0.4) is 0 Å². The highest BCUT2D eigenvalue weighted by Gasteiger charge is 2.28. The van der Waals surface area contributed by atoms with Gasteiger partial charge in [0.2, 0.25) is 0 Å². The smallest absolute Gasteiger partial charge is 0.317 e. The molecule has 1 rings (SSSR count). The topological polar surface area (TPSA) is 32.3 Å². The van der Waals surface area contributed by atoms with Crippen LogP contribution >= 0.6 is 0 Å². The van der Waals surface area contributed by atoms with Gasteiger partial charge in [0, 0.05) is 19.1 Å². The van der Waals surface area contributed by atoms with Gasteiger partial charge in [-0.2, -0.15) is 0 Å².